The molecule has 0 atom stereocenters. The monoisotopic (exact) mass is 246 g/mol. The van der Waals surface area contributed by atoms with E-state index >= 15 is 0 Å². The van der Waals surface area contributed by atoms with E-state index in [0.29, 0.717) is 23.7 Å². The Morgan fingerprint density at radius 2 is 1.94 bits per heavy atom. The van der Waals surface area contributed by atoms with Gasteiger partial charge in [0.1, 0.15) is 18.1 Å². The summed E-state index contributed by atoms with van der Waals surface area (Å²) in [6, 6.07) is 10.4. The third-order valence-corrected chi connectivity index (χ3v) is 2.52. The van der Waals surface area contributed by atoms with Crippen molar-refractivity contribution in [1.82, 2.24) is 0 Å². The summed E-state index contributed by atoms with van der Waals surface area (Å²) in [5, 5.41) is 0. The van der Waals surface area contributed by atoms with Crippen LogP contribution in [0.4, 0.5) is 0 Å². The number of furan rings is 1. The highest BCUT2D eigenvalue weighted by Crippen LogP contribution is 2.22. The van der Waals surface area contributed by atoms with E-state index in [4.69, 9.17) is 13.9 Å². The molecule has 0 fully saturated rings. The van der Waals surface area contributed by atoms with Gasteiger partial charge in [0.2, 0.25) is 5.78 Å². The van der Waals surface area contributed by atoms with Gasteiger partial charge in [-0.3, -0.25) is 4.79 Å². The van der Waals surface area contributed by atoms with Crippen LogP contribution in [0.25, 0.3) is 0 Å². The molecule has 0 spiro atoms. The van der Waals surface area contributed by atoms with Crippen LogP contribution in [0.3, 0.4) is 0 Å². The molecular weight excluding hydrogens is 232 g/mol. The van der Waals surface area contributed by atoms with Gasteiger partial charge >= 0.3 is 0 Å². The number of carbonyl (C=O) groups excluding carboxylic acids is 1. The maximum atomic E-state index is 12.2. The van der Waals surface area contributed by atoms with Crippen LogP contribution < -0.4 is 4.74 Å². The Hall–Kier alpha value is -2.07. The third kappa shape index (κ3) is 2.43. The predicted octanol–water partition coefficient (Wildman–Crippen LogP) is 2.67. The minimum absolute atomic E-state index is 0.199. The van der Waals surface area contributed by atoms with Crippen LogP contribution in [0.5, 0.6) is 5.75 Å². The molecule has 0 unspecified atom stereocenters. The number of benzene rings is 1. The van der Waals surface area contributed by atoms with Gasteiger partial charge in [-0.25, -0.2) is 0 Å². The standard InChI is InChI=1S/C14H14O4/c1-16-9-10-7-8-13(18-10)14(15)11-5-3-4-6-12(11)17-2/h3-8H,9H2,1-2H3. The Balaban J connectivity index is 2.29. The van der Waals surface area contributed by atoms with Crippen LogP contribution >= 0.6 is 0 Å². The minimum atomic E-state index is -0.199. The second-order valence-corrected chi connectivity index (χ2v) is 3.73. The maximum Gasteiger partial charge on any atom is 0.231 e. The van der Waals surface area contributed by atoms with Gasteiger partial charge in [-0.1, -0.05) is 12.1 Å². The zero-order chi connectivity index (χ0) is 13.0. The van der Waals surface area contributed by atoms with Crippen molar-refractivity contribution in [1.29, 1.82) is 0 Å². The fourth-order valence-corrected chi connectivity index (χ4v) is 1.68. The first-order chi connectivity index (χ1) is 8.76. The van der Waals surface area contributed by atoms with Crippen LogP contribution in [0.15, 0.2) is 40.8 Å². The molecule has 0 bridgehead atoms. The second-order valence-electron chi connectivity index (χ2n) is 3.73. The molecule has 4 nitrogen and oxygen atoms in total. The molecule has 0 amide bonds. The largest absolute Gasteiger partial charge is 0.496 e. The van der Waals surface area contributed by atoms with Crippen molar-refractivity contribution >= 4 is 5.78 Å². The van der Waals surface area contributed by atoms with E-state index < -0.39 is 0 Å². The molecule has 4 heteroatoms. The summed E-state index contributed by atoms with van der Waals surface area (Å²) in [7, 11) is 3.11. The molecule has 0 aliphatic rings. The molecule has 2 rings (SSSR count). The molecule has 0 N–H and O–H groups in total. The van der Waals surface area contributed by atoms with E-state index in [-0.39, 0.29) is 11.5 Å². The number of methoxy groups -OCH3 is 2. The first-order valence-corrected chi connectivity index (χ1v) is 5.51. The van der Waals surface area contributed by atoms with E-state index in [0.717, 1.165) is 0 Å². The smallest absolute Gasteiger partial charge is 0.231 e. The van der Waals surface area contributed by atoms with Crippen molar-refractivity contribution in [2.75, 3.05) is 14.2 Å². The summed E-state index contributed by atoms with van der Waals surface area (Å²) in [5.74, 6) is 1.24. The first kappa shape index (κ1) is 12.4. The van der Waals surface area contributed by atoms with Gasteiger partial charge < -0.3 is 13.9 Å². The zero-order valence-corrected chi connectivity index (χ0v) is 10.3. The van der Waals surface area contributed by atoms with Crippen molar-refractivity contribution in [3.8, 4) is 5.75 Å². The normalized spacial score (nSPS) is 10.3. The molecule has 0 saturated carbocycles. The molecule has 1 heterocycles. The van der Waals surface area contributed by atoms with Gasteiger partial charge in [0.25, 0.3) is 0 Å². The average molecular weight is 246 g/mol. The average Bonchev–Trinajstić information content (AvgIpc) is 2.87. The molecule has 0 saturated heterocycles. The lowest BCUT2D eigenvalue weighted by atomic mass is 10.1. The summed E-state index contributed by atoms with van der Waals surface area (Å²) >= 11 is 0. The number of ketones is 1. The summed E-state index contributed by atoms with van der Waals surface area (Å²) in [4.78, 5) is 12.2. The van der Waals surface area contributed by atoms with Crippen molar-refractivity contribution in [3.63, 3.8) is 0 Å². The van der Waals surface area contributed by atoms with Gasteiger partial charge in [-0.05, 0) is 24.3 Å². The summed E-state index contributed by atoms with van der Waals surface area (Å²) in [5.41, 5.74) is 0.485. The zero-order valence-electron chi connectivity index (χ0n) is 10.3. The molecule has 2 aromatic rings. The van der Waals surface area contributed by atoms with Crippen molar-refractivity contribution in [2.24, 2.45) is 0 Å². The highest BCUT2D eigenvalue weighted by atomic mass is 16.5. The summed E-state index contributed by atoms with van der Waals surface area (Å²) in [6.45, 7) is 0.346. The Kier molecular flexibility index (Phi) is 3.79. The summed E-state index contributed by atoms with van der Waals surface area (Å²) in [6.07, 6.45) is 0. The number of rotatable bonds is 5. The maximum absolute atomic E-state index is 12.2. The fourth-order valence-electron chi connectivity index (χ4n) is 1.68. The highest BCUT2D eigenvalue weighted by Gasteiger charge is 2.17. The molecule has 0 radical (unpaired) electrons. The van der Waals surface area contributed by atoms with Gasteiger partial charge in [-0.15, -0.1) is 0 Å². The molecule has 18 heavy (non-hydrogen) atoms. The molecule has 0 aliphatic carbocycles. The highest BCUT2D eigenvalue weighted by molar-refractivity contribution is 6.08. The topological polar surface area (TPSA) is 48.7 Å². The van der Waals surface area contributed by atoms with Gasteiger partial charge in [0, 0.05) is 7.11 Å². The van der Waals surface area contributed by atoms with E-state index in [2.05, 4.69) is 0 Å². The molecule has 1 aromatic heterocycles. The quantitative estimate of drug-likeness (QED) is 0.761. The predicted molar refractivity (Wildman–Crippen MR) is 65.8 cm³/mol. The van der Waals surface area contributed by atoms with Crippen LogP contribution in [0, 0.1) is 0 Å². The lowest BCUT2D eigenvalue weighted by Gasteiger charge is -2.05. The number of hydrogen-bond acceptors (Lipinski definition) is 4. The Labute approximate surface area is 105 Å². The molecule has 1 aromatic carbocycles. The lowest BCUT2D eigenvalue weighted by Crippen LogP contribution is -2.02. The number of para-hydroxylation sites is 1. The Morgan fingerprint density at radius 3 is 2.67 bits per heavy atom. The van der Waals surface area contributed by atoms with E-state index in [1.807, 2.05) is 6.07 Å². The molecule has 0 aliphatic heterocycles. The van der Waals surface area contributed by atoms with Gasteiger partial charge in [0.15, 0.2) is 5.76 Å². The van der Waals surface area contributed by atoms with Crippen LogP contribution in [0.1, 0.15) is 21.9 Å². The molecular formula is C14H14O4. The fraction of sp³-hybridized carbons (Fsp3) is 0.214. The number of ether oxygens (including phenoxy) is 2. The van der Waals surface area contributed by atoms with Crippen LogP contribution in [-0.2, 0) is 11.3 Å². The molecule has 94 valence electrons. The summed E-state index contributed by atoms with van der Waals surface area (Å²) < 4.78 is 15.5. The number of carbonyl (C=O) groups is 1. The van der Waals surface area contributed by atoms with Crippen molar-refractivity contribution in [2.45, 2.75) is 6.61 Å². The van der Waals surface area contributed by atoms with Crippen molar-refractivity contribution < 1.29 is 18.7 Å². The minimum Gasteiger partial charge on any atom is -0.496 e. The second kappa shape index (κ2) is 5.51. The van der Waals surface area contributed by atoms with E-state index in [1.54, 1.807) is 37.4 Å². The van der Waals surface area contributed by atoms with E-state index in [1.165, 1.54) is 7.11 Å². The Morgan fingerprint density at radius 1 is 1.17 bits per heavy atom. The van der Waals surface area contributed by atoms with Gasteiger partial charge in [-0.2, -0.15) is 0 Å². The van der Waals surface area contributed by atoms with E-state index in [9.17, 15) is 4.79 Å². The van der Waals surface area contributed by atoms with Crippen molar-refractivity contribution in [3.05, 3.63) is 53.5 Å². The number of hydrogen-bond donors (Lipinski definition) is 0. The SMILES string of the molecule is COCc1ccc(C(=O)c2ccccc2OC)o1. The first-order valence-electron chi connectivity index (χ1n) is 5.51. The Bertz CT molecular complexity index is 542. The van der Waals surface area contributed by atoms with Crippen LogP contribution in [0.2, 0.25) is 0 Å². The lowest BCUT2D eigenvalue weighted by molar-refractivity contribution is 0.0997. The third-order valence-electron chi connectivity index (χ3n) is 2.52. The van der Waals surface area contributed by atoms with Gasteiger partial charge in [0.05, 0.1) is 12.7 Å². The van der Waals surface area contributed by atoms with Crippen LogP contribution in [-0.4, -0.2) is 20.0 Å².